The highest BCUT2D eigenvalue weighted by molar-refractivity contribution is 6.67. The minimum atomic E-state index is -2.37. The van der Waals surface area contributed by atoms with Gasteiger partial charge in [0.25, 0.3) is 0 Å². The molecule has 0 amide bonds. The highest BCUT2D eigenvalue weighted by atomic mass is 35.6. The fraction of sp³-hybridized carbons (Fsp3) is 0.300. The lowest BCUT2D eigenvalue weighted by atomic mass is 10.3. The highest BCUT2D eigenvalue weighted by Crippen LogP contribution is 2.38. The van der Waals surface area contributed by atoms with Gasteiger partial charge in [-0.05, 0) is 12.1 Å². The predicted molar refractivity (Wildman–Crippen MR) is 91.7 cm³/mol. The van der Waals surface area contributed by atoms with E-state index in [0.29, 0.717) is 5.02 Å². The van der Waals surface area contributed by atoms with Gasteiger partial charge in [-0.3, -0.25) is 0 Å². The summed E-state index contributed by atoms with van der Waals surface area (Å²) in [6, 6.07) is 2.74. The molecule has 1 rings (SSSR count). The third-order valence-electron chi connectivity index (χ3n) is 1.87. The molecule has 0 saturated heterocycles. The van der Waals surface area contributed by atoms with E-state index in [1.165, 1.54) is 12.1 Å². The van der Waals surface area contributed by atoms with Gasteiger partial charge in [-0.25, -0.2) is 4.79 Å². The lowest BCUT2D eigenvalue weighted by Gasteiger charge is -2.15. The number of carbonyl (C=O) groups is 1. The molecule has 0 spiro atoms. The molecule has 0 aliphatic heterocycles. The number of benzene rings is 1. The van der Waals surface area contributed by atoms with Crippen LogP contribution in [0.25, 0.3) is 0 Å². The molecule has 1 aromatic rings. The van der Waals surface area contributed by atoms with Crippen LogP contribution in [0.4, 0.5) is 5.69 Å². The Hall–Kier alpha value is 0.610. The first-order valence-corrected chi connectivity index (χ1v) is 8.14. The van der Waals surface area contributed by atoms with Gasteiger partial charge in [-0.1, -0.05) is 92.8 Å². The van der Waals surface area contributed by atoms with Crippen molar-refractivity contribution in [3.05, 3.63) is 27.2 Å². The van der Waals surface area contributed by atoms with Crippen molar-refractivity contribution in [2.75, 3.05) is 6.61 Å². The van der Waals surface area contributed by atoms with Crippen LogP contribution in [0.3, 0.4) is 0 Å². The average Bonchev–Trinajstić information content (AvgIpc) is 2.33. The van der Waals surface area contributed by atoms with Crippen LogP contribution in [-0.4, -0.2) is 20.8 Å². The lowest BCUT2D eigenvalue weighted by molar-refractivity contribution is -0.144. The molecule has 0 unspecified atom stereocenters. The molecule has 12 heteroatoms. The van der Waals surface area contributed by atoms with Crippen LogP contribution < -0.4 is 0 Å². The van der Waals surface area contributed by atoms with Gasteiger partial charge < -0.3 is 4.74 Å². The van der Waals surface area contributed by atoms with Crippen molar-refractivity contribution in [3.8, 4) is 0 Å². The third kappa shape index (κ3) is 6.62. The van der Waals surface area contributed by atoms with E-state index in [2.05, 4.69) is 15.0 Å². The number of halogens is 8. The van der Waals surface area contributed by atoms with Gasteiger partial charge in [0, 0.05) is 5.02 Å². The quantitative estimate of drug-likeness (QED) is 0.212. The third-order valence-corrected chi connectivity index (χ3v) is 3.45. The minimum absolute atomic E-state index is 0.0209. The molecule has 4 nitrogen and oxygen atoms in total. The summed E-state index contributed by atoms with van der Waals surface area (Å²) in [5.74, 6) is -1.19. The number of hydrogen-bond acceptors (Lipinski definition) is 4. The van der Waals surface area contributed by atoms with Crippen molar-refractivity contribution in [2.45, 2.75) is 8.25 Å². The van der Waals surface area contributed by atoms with E-state index in [0.717, 1.165) is 0 Å². The second kappa shape index (κ2) is 8.13. The molecule has 22 heavy (non-hydrogen) atoms. The molecule has 0 saturated carbocycles. The maximum atomic E-state index is 11.7. The summed E-state index contributed by atoms with van der Waals surface area (Å²) in [4.78, 5) is 11.7. The number of alkyl halides is 5. The van der Waals surface area contributed by atoms with E-state index in [-0.39, 0.29) is 15.7 Å². The SMILES string of the molecule is O=C(OCC(Cl)(Cl)Cl)C(Cl)(Cl)/N=N/c1c(Cl)cc(Cl)cc1Cl. The molecule has 0 aliphatic rings. The number of hydrogen-bond donors (Lipinski definition) is 0. The predicted octanol–water partition coefficient (Wildman–Crippen LogP) is 6.78. The van der Waals surface area contributed by atoms with Crippen molar-refractivity contribution in [2.24, 2.45) is 10.2 Å². The zero-order valence-corrected chi connectivity index (χ0v) is 16.1. The molecular weight excluding hydrogens is 464 g/mol. The Balaban J connectivity index is 2.90. The first-order valence-electron chi connectivity index (χ1n) is 5.11. The van der Waals surface area contributed by atoms with Crippen LogP contribution in [0.1, 0.15) is 0 Å². The number of azo groups is 1. The van der Waals surface area contributed by atoms with E-state index in [1.54, 1.807) is 0 Å². The van der Waals surface area contributed by atoms with Gasteiger partial charge in [-0.2, -0.15) is 0 Å². The fourth-order valence-corrected chi connectivity index (χ4v) is 2.26. The summed E-state index contributed by atoms with van der Waals surface area (Å²) >= 11 is 45.2. The van der Waals surface area contributed by atoms with Crippen LogP contribution >= 0.6 is 92.8 Å². The molecule has 0 aromatic heterocycles. The Morgan fingerprint density at radius 2 is 1.55 bits per heavy atom. The zero-order valence-electron chi connectivity index (χ0n) is 10.1. The maximum Gasteiger partial charge on any atom is 0.367 e. The minimum Gasteiger partial charge on any atom is -0.457 e. The topological polar surface area (TPSA) is 51.0 Å². The second-order valence-corrected chi connectivity index (χ2v) is 8.70. The maximum absolute atomic E-state index is 11.7. The molecule has 0 aliphatic carbocycles. The van der Waals surface area contributed by atoms with Gasteiger partial charge in [0.1, 0.15) is 12.3 Å². The molecule has 0 bridgehead atoms. The smallest absolute Gasteiger partial charge is 0.367 e. The van der Waals surface area contributed by atoms with E-state index >= 15 is 0 Å². The molecule has 0 radical (unpaired) electrons. The first-order chi connectivity index (χ1) is 9.92. The molecule has 0 fully saturated rings. The molecule has 122 valence electrons. The van der Waals surface area contributed by atoms with Gasteiger partial charge in [0.2, 0.25) is 3.79 Å². The fourth-order valence-electron chi connectivity index (χ4n) is 1.02. The normalized spacial score (nSPS) is 12.7. The van der Waals surface area contributed by atoms with Crippen molar-refractivity contribution < 1.29 is 9.53 Å². The summed E-state index contributed by atoms with van der Waals surface area (Å²) in [5, 5.41) is 7.50. The Bertz CT molecular complexity index is 576. The monoisotopic (exact) mass is 464 g/mol. The number of ether oxygens (including phenoxy) is 1. The van der Waals surface area contributed by atoms with Crippen LogP contribution in [0, 0.1) is 0 Å². The number of rotatable bonds is 4. The second-order valence-electron chi connectivity index (χ2n) is 3.65. The summed E-state index contributed by atoms with van der Waals surface area (Å²) in [7, 11) is 0. The van der Waals surface area contributed by atoms with Crippen LogP contribution in [-0.2, 0) is 9.53 Å². The van der Waals surface area contributed by atoms with Gasteiger partial charge in [0.05, 0.1) is 10.0 Å². The van der Waals surface area contributed by atoms with Crippen LogP contribution in [0.5, 0.6) is 0 Å². The Morgan fingerprint density at radius 3 is 2.00 bits per heavy atom. The number of carbonyl (C=O) groups excluding carboxylic acids is 1. The first kappa shape index (κ1) is 20.7. The number of nitrogens with zero attached hydrogens (tertiary/aromatic N) is 2. The van der Waals surface area contributed by atoms with Gasteiger partial charge >= 0.3 is 10.4 Å². The Morgan fingerprint density at radius 1 is 1.05 bits per heavy atom. The zero-order chi connectivity index (χ0) is 17.1. The standard InChI is InChI=1S/C10H4Cl8N2O2/c11-4-1-5(12)7(6(13)2-4)19-20-10(17,18)8(21)22-3-9(14,15)16/h1-2H,3H2/b20-19+. The van der Waals surface area contributed by atoms with Crippen molar-refractivity contribution >= 4 is 104 Å². The van der Waals surface area contributed by atoms with E-state index in [4.69, 9.17) is 92.8 Å². The van der Waals surface area contributed by atoms with Crippen LogP contribution in [0.2, 0.25) is 15.1 Å². The summed E-state index contributed by atoms with van der Waals surface area (Å²) in [6.45, 7) is -0.574. The summed E-state index contributed by atoms with van der Waals surface area (Å²) in [5.41, 5.74) is 0.0209. The Labute approximate surface area is 165 Å². The summed E-state index contributed by atoms with van der Waals surface area (Å²) < 4.78 is 0.407. The lowest BCUT2D eigenvalue weighted by Crippen LogP contribution is -2.29. The molecular formula is C10H4Cl8N2O2. The largest absolute Gasteiger partial charge is 0.457 e. The van der Waals surface area contributed by atoms with Gasteiger partial charge in [-0.15, -0.1) is 10.2 Å². The van der Waals surface area contributed by atoms with E-state index in [9.17, 15) is 4.79 Å². The van der Waals surface area contributed by atoms with E-state index < -0.39 is 20.8 Å². The molecule has 0 atom stereocenters. The van der Waals surface area contributed by atoms with Gasteiger partial charge in [0.15, 0.2) is 0 Å². The van der Waals surface area contributed by atoms with Crippen molar-refractivity contribution in [1.82, 2.24) is 0 Å². The van der Waals surface area contributed by atoms with Crippen molar-refractivity contribution in [1.29, 1.82) is 0 Å². The number of esters is 1. The average molecular weight is 468 g/mol. The molecule has 0 N–H and O–H groups in total. The van der Waals surface area contributed by atoms with E-state index in [1.807, 2.05) is 0 Å². The Kier molecular flexibility index (Phi) is 7.63. The highest BCUT2D eigenvalue weighted by Gasteiger charge is 2.38. The molecule has 0 heterocycles. The van der Waals surface area contributed by atoms with Crippen LogP contribution in [0.15, 0.2) is 22.4 Å². The summed E-state index contributed by atoms with van der Waals surface area (Å²) in [6.07, 6.45) is 0. The van der Waals surface area contributed by atoms with Crippen molar-refractivity contribution in [3.63, 3.8) is 0 Å². The molecule has 1 aromatic carbocycles.